The molecule has 0 aromatic carbocycles. The van der Waals surface area contributed by atoms with Crippen LogP contribution in [0.3, 0.4) is 0 Å². The minimum atomic E-state index is -0.855. The molecule has 19 heavy (non-hydrogen) atoms. The van der Waals surface area contributed by atoms with Crippen LogP contribution in [-0.2, 0) is 4.79 Å². The molecule has 0 saturated heterocycles. The van der Waals surface area contributed by atoms with E-state index in [1.54, 1.807) is 30.0 Å². The van der Waals surface area contributed by atoms with E-state index >= 15 is 0 Å². The Kier molecular flexibility index (Phi) is 6.22. The maximum absolute atomic E-state index is 11.3. The lowest BCUT2D eigenvalue weighted by Crippen LogP contribution is -2.52. The van der Waals surface area contributed by atoms with E-state index in [0.29, 0.717) is 6.42 Å². The lowest BCUT2D eigenvalue weighted by molar-refractivity contribution is -0.144. The molecule has 108 valence electrons. The van der Waals surface area contributed by atoms with Gasteiger partial charge in [0.05, 0.1) is 0 Å². The van der Waals surface area contributed by atoms with Gasteiger partial charge in [-0.05, 0) is 40.5 Å². The van der Waals surface area contributed by atoms with Crippen molar-refractivity contribution in [1.82, 2.24) is 15.5 Å². The molecule has 2 N–H and O–H groups in total. The number of thioether (sulfide) groups is 1. The Hall–Kier alpha value is -0.660. The normalized spacial score (nSPS) is 14.6. The van der Waals surface area contributed by atoms with Crippen LogP contribution in [0.5, 0.6) is 0 Å². The summed E-state index contributed by atoms with van der Waals surface area (Å²) in [5.74, 6) is 0.0649. The van der Waals surface area contributed by atoms with Crippen LogP contribution in [0.4, 0.5) is 0 Å². The number of carboxylic acid groups (broad SMARTS) is 1. The molecule has 0 fully saturated rings. The molecule has 1 heterocycles. The lowest BCUT2D eigenvalue weighted by atomic mass is 9.95. The maximum Gasteiger partial charge on any atom is 0.323 e. The number of hydrogen-bond acceptors (Lipinski definition) is 6. The molecule has 0 radical (unpaired) electrons. The third-order valence-corrected chi connectivity index (χ3v) is 4.69. The fourth-order valence-corrected chi connectivity index (χ4v) is 3.63. The zero-order valence-corrected chi connectivity index (χ0v) is 13.4. The second-order valence-corrected chi connectivity index (χ2v) is 7.50. The highest BCUT2D eigenvalue weighted by atomic mass is 32.2. The summed E-state index contributed by atoms with van der Waals surface area (Å²) in [5.41, 5.74) is -0.855. The highest BCUT2D eigenvalue weighted by Gasteiger charge is 2.32. The van der Waals surface area contributed by atoms with E-state index in [9.17, 15) is 9.90 Å². The van der Waals surface area contributed by atoms with Crippen molar-refractivity contribution in [3.05, 3.63) is 5.01 Å². The van der Waals surface area contributed by atoms with E-state index in [-0.39, 0.29) is 6.04 Å². The minimum absolute atomic E-state index is 0.152. The second-order valence-electron chi connectivity index (χ2n) is 4.98. The van der Waals surface area contributed by atoms with E-state index in [2.05, 4.69) is 15.5 Å². The van der Waals surface area contributed by atoms with Crippen molar-refractivity contribution in [3.63, 3.8) is 0 Å². The van der Waals surface area contributed by atoms with E-state index in [1.165, 1.54) is 0 Å². The van der Waals surface area contributed by atoms with Crippen LogP contribution in [0, 0.1) is 6.92 Å². The van der Waals surface area contributed by atoms with E-state index in [1.807, 2.05) is 20.8 Å². The Morgan fingerprint density at radius 2 is 2.21 bits per heavy atom. The van der Waals surface area contributed by atoms with Crippen LogP contribution in [0.1, 0.15) is 38.6 Å². The molecule has 0 spiro atoms. The van der Waals surface area contributed by atoms with Gasteiger partial charge in [0.15, 0.2) is 4.34 Å². The number of carbonyl (C=O) groups is 1. The molecule has 1 aromatic rings. The van der Waals surface area contributed by atoms with Gasteiger partial charge in [-0.15, -0.1) is 10.2 Å². The fourth-order valence-electron chi connectivity index (χ4n) is 1.80. The Morgan fingerprint density at radius 3 is 2.68 bits per heavy atom. The van der Waals surface area contributed by atoms with Gasteiger partial charge in [-0.2, -0.15) is 0 Å². The largest absolute Gasteiger partial charge is 0.480 e. The van der Waals surface area contributed by atoms with Crippen LogP contribution in [-0.4, -0.2) is 38.6 Å². The number of aryl methyl sites for hydroxylation is 1. The van der Waals surface area contributed by atoms with Crippen molar-refractivity contribution in [2.24, 2.45) is 0 Å². The standard InChI is InChI=1S/C12H21N3O2S2/c1-8(2)13-12(4,10(16)17)6-5-7-18-11-15-14-9(3)19-11/h8,13H,5-7H2,1-4H3,(H,16,17). The van der Waals surface area contributed by atoms with Crippen molar-refractivity contribution in [1.29, 1.82) is 0 Å². The summed E-state index contributed by atoms with van der Waals surface area (Å²) in [5, 5.41) is 21.4. The zero-order chi connectivity index (χ0) is 14.5. The first kappa shape index (κ1) is 16.4. The van der Waals surface area contributed by atoms with Gasteiger partial charge in [0, 0.05) is 11.8 Å². The first-order valence-corrected chi connectivity index (χ1v) is 8.08. The molecule has 0 aliphatic heterocycles. The molecule has 0 bridgehead atoms. The highest BCUT2D eigenvalue weighted by Crippen LogP contribution is 2.24. The van der Waals surface area contributed by atoms with Gasteiger partial charge in [0.1, 0.15) is 10.5 Å². The van der Waals surface area contributed by atoms with Gasteiger partial charge < -0.3 is 5.11 Å². The summed E-state index contributed by atoms with van der Waals surface area (Å²) in [6.45, 7) is 7.59. The van der Waals surface area contributed by atoms with Gasteiger partial charge in [0.25, 0.3) is 0 Å². The molecule has 5 nitrogen and oxygen atoms in total. The number of aromatic nitrogens is 2. The predicted molar refractivity (Wildman–Crippen MR) is 78.9 cm³/mol. The van der Waals surface area contributed by atoms with Gasteiger partial charge in [0.2, 0.25) is 0 Å². The van der Waals surface area contributed by atoms with E-state index in [0.717, 1.165) is 21.5 Å². The molecule has 0 saturated carbocycles. The Morgan fingerprint density at radius 1 is 1.53 bits per heavy atom. The highest BCUT2D eigenvalue weighted by molar-refractivity contribution is 8.01. The smallest absolute Gasteiger partial charge is 0.323 e. The summed E-state index contributed by atoms with van der Waals surface area (Å²) in [7, 11) is 0. The SMILES string of the molecule is Cc1nnc(SCCCC(C)(NC(C)C)C(=O)O)s1. The summed E-state index contributed by atoms with van der Waals surface area (Å²) in [4.78, 5) is 11.3. The quantitative estimate of drug-likeness (QED) is 0.568. The van der Waals surface area contributed by atoms with Crippen LogP contribution in [0.2, 0.25) is 0 Å². The zero-order valence-electron chi connectivity index (χ0n) is 11.8. The third kappa shape index (κ3) is 5.46. The van der Waals surface area contributed by atoms with Gasteiger partial charge >= 0.3 is 5.97 Å². The number of hydrogen-bond donors (Lipinski definition) is 2. The van der Waals surface area contributed by atoms with Crippen molar-refractivity contribution in [2.45, 2.75) is 56.5 Å². The van der Waals surface area contributed by atoms with Gasteiger partial charge in [-0.1, -0.05) is 23.1 Å². The van der Waals surface area contributed by atoms with Gasteiger partial charge in [-0.25, -0.2) is 0 Å². The van der Waals surface area contributed by atoms with Gasteiger partial charge in [-0.3, -0.25) is 10.1 Å². The number of nitrogens with one attached hydrogen (secondary N) is 1. The predicted octanol–water partition coefficient (Wildman–Crippen LogP) is 2.56. The molecule has 1 rings (SSSR count). The number of carboxylic acids is 1. The first-order chi connectivity index (χ1) is 8.83. The molecular formula is C12H21N3O2S2. The minimum Gasteiger partial charge on any atom is -0.480 e. The average molecular weight is 303 g/mol. The molecular weight excluding hydrogens is 282 g/mol. The van der Waals surface area contributed by atoms with Crippen molar-refractivity contribution >= 4 is 29.1 Å². The number of aliphatic carboxylic acids is 1. The van der Waals surface area contributed by atoms with Crippen LogP contribution >= 0.6 is 23.1 Å². The second kappa shape index (κ2) is 7.21. The first-order valence-electron chi connectivity index (χ1n) is 6.27. The molecule has 1 atom stereocenters. The van der Waals surface area contributed by atoms with Crippen LogP contribution in [0.25, 0.3) is 0 Å². The molecule has 1 unspecified atom stereocenters. The fraction of sp³-hybridized carbons (Fsp3) is 0.750. The monoisotopic (exact) mass is 303 g/mol. The third-order valence-electron chi connectivity index (χ3n) is 2.63. The molecule has 0 aliphatic rings. The Balaban J connectivity index is 2.38. The number of nitrogens with zero attached hydrogens (tertiary/aromatic N) is 2. The van der Waals surface area contributed by atoms with Crippen molar-refractivity contribution in [2.75, 3.05) is 5.75 Å². The van der Waals surface area contributed by atoms with Crippen molar-refractivity contribution in [3.8, 4) is 0 Å². The molecule has 0 aliphatic carbocycles. The molecule has 1 aromatic heterocycles. The van der Waals surface area contributed by atoms with E-state index < -0.39 is 11.5 Å². The summed E-state index contributed by atoms with van der Waals surface area (Å²) < 4.78 is 0.950. The summed E-state index contributed by atoms with van der Waals surface area (Å²) >= 11 is 3.21. The van der Waals surface area contributed by atoms with Crippen LogP contribution in [0.15, 0.2) is 4.34 Å². The Labute approximate surface area is 122 Å². The number of rotatable bonds is 8. The Bertz CT molecular complexity index is 423. The van der Waals surface area contributed by atoms with Crippen molar-refractivity contribution < 1.29 is 9.90 Å². The topological polar surface area (TPSA) is 75.1 Å². The lowest BCUT2D eigenvalue weighted by Gasteiger charge is -2.28. The summed E-state index contributed by atoms with van der Waals surface area (Å²) in [6.07, 6.45) is 1.43. The summed E-state index contributed by atoms with van der Waals surface area (Å²) in [6, 6.07) is 0.152. The molecule has 7 heteroatoms. The maximum atomic E-state index is 11.3. The van der Waals surface area contributed by atoms with Crippen LogP contribution < -0.4 is 5.32 Å². The molecule has 0 amide bonds. The van der Waals surface area contributed by atoms with E-state index in [4.69, 9.17) is 0 Å². The average Bonchev–Trinajstić information content (AvgIpc) is 2.69.